The summed E-state index contributed by atoms with van der Waals surface area (Å²) >= 11 is 0. The van der Waals surface area contributed by atoms with Gasteiger partial charge in [0.05, 0.1) is 6.54 Å². The van der Waals surface area contributed by atoms with Crippen molar-refractivity contribution in [2.24, 2.45) is 0 Å². The fourth-order valence-electron chi connectivity index (χ4n) is 1.68. The second kappa shape index (κ2) is 10.8. The molecule has 0 radical (unpaired) electrons. The normalized spacial score (nSPS) is 11.3. The van der Waals surface area contributed by atoms with Crippen molar-refractivity contribution in [3.8, 4) is 0 Å². The van der Waals surface area contributed by atoms with E-state index in [1.54, 1.807) is 0 Å². The zero-order valence-corrected chi connectivity index (χ0v) is 13.3. The van der Waals surface area contributed by atoms with Gasteiger partial charge in [0, 0.05) is 0 Å². The van der Waals surface area contributed by atoms with Crippen molar-refractivity contribution in [2.75, 3.05) is 6.54 Å². The first-order chi connectivity index (χ1) is 11.9. The Morgan fingerprint density at radius 1 is 0.960 bits per heavy atom. The van der Waals surface area contributed by atoms with Gasteiger partial charge in [0.1, 0.15) is 11.7 Å². The van der Waals surface area contributed by atoms with Gasteiger partial charge in [-0.2, -0.15) is 13.2 Å². The Labute approximate surface area is 144 Å². The maximum Gasteiger partial charge on any atom is 0.430 e. The van der Waals surface area contributed by atoms with Crippen molar-refractivity contribution in [3.63, 3.8) is 0 Å². The topological polar surface area (TPSA) is 56.7 Å². The van der Waals surface area contributed by atoms with Crippen LogP contribution in [0, 0.1) is 0 Å². The number of alkyl halides is 3. The van der Waals surface area contributed by atoms with Crippen LogP contribution in [0.2, 0.25) is 0 Å². The van der Waals surface area contributed by atoms with Gasteiger partial charge >= 0.3 is 6.18 Å². The van der Waals surface area contributed by atoms with Gasteiger partial charge in [-0.15, -0.1) is 0 Å². The van der Waals surface area contributed by atoms with Crippen molar-refractivity contribution in [3.05, 3.63) is 84.5 Å². The average molecular weight is 349 g/mol. The largest absolute Gasteiger partial charge is 0.542 e. The number of aliphatic carboxylic acids is 1. The molecule has 0 aromatic heterocycles. The van der Waals surface area contributed by atoms with Crippen LogP contribution in [-0.2, 0) is 4.79 Å². The number of rotatable bonds is 5. The molecule has 0 aliphatic rings. The Hall–Kier alpha value is -2.86. The fourth-order valence-corrected chi connectivity index (χ4v) is 1.68. The minimum Gasteiger partial charge on any atom is -0.542 e. The van der Waals surface area contributed by atoms with Crippen LogP contribution in [0.25, 0.3) is 6.08 Å². The van der Waals surface area contributed by atoms with Crippen molar-refractivity contribution in [1.82, 2.24) is 0 Å². The van der Waals surface area contributed by atoms with E-state index in [0.717, 1.165) is 6.54 Å². The van der Waals surface area contributed by atoms with E-state index < -0.39 is 12.1 Å². The highest BCUT2D eigenvalue weighted by Crippen LogP contribution is 2.11. The monoisotopic (exact) mass is 349 g/mol. The highest BCUT2D eigenvalue weighted by atomic mass is 19.4. The Morgan fingerprint density at radius 2 is 1.48 bits per heavy atom. The standard InChI is InChI=1S/C17H17N.C2HF3O2/c1-4-10-16(11-5-1)12-6-3-9-15-18-17-13-7-2-8-14-17;3-2(4,5)1(6)7/h1-14,18H,15H2;(H,6,7). The predicted octanol–water partition coefficient (Wildman–Crippen LogP) is 2.45. The molecule has 0 amide bonds. The molecule has 2 aromatic carbocycles. The minimum absolute atomic E-state index is 0.961. The van der Waals surface area contributed by atoms with Gasteiger partial charge in [0.25, 0.3) is 0 Å². The van der Waals surface area contributed by atoms with Gasteiger partial charge in [-0.3, -0.25) is 0 Å². The Morgan fingerprint density at radius 3 is 2.00 bits per heavy atom. The molecule has 0 aliphatic carbocycles. The van der Waals surface area contributed by atoms with Crippen LogP contribution in [0.4, 0.5) is 18.9 Å². The second-order valence-corrected chi connectivity index (χ2v) is 4.83. The number of para-hydroxylation sites is 1. The molecule has 0 fully saturated rings. The summed E-state index contributed by atoms with van der Waals surface area (Å²) in [7, 11) is 0. The SMILES string of the molecule is C(C=Cc1ccccc1)=CC[NH2+]c1ccccc1.O=C([O-])C(F)(F)F. The van der Waals surface area contributed by atoms with Crippen LogP contribution in [-0.4, -0.2) is 18.7 Å². The molecule has 2 N–H and O–H groups in total. The molecule has 2 rings (SSSR count). The Balaban J connectivity index is 0.000000381. The first-order valence-electron chi connectivity index (χ1n) is 7.44. The summed E-state index contributed by atoms with van der Waals surface area (Å²) in [6.07, 6.45) is 3.24. The summed E-state index contributed by atoms with van der Waals surface area (Å²) in [6.45, 7) is 0.961. The molecule has 0 unspecified atom stereocenters. The Bertz CT molecular complexity index is 681. The molecular weight excluding hydrogens is 331 g/mol. The zero-order valence-electron chi connectivity index (χ0n) is 13.3. The average Bonchev–Trinajstić information content (AvgIpc) is 2.59. The van der Waals surface area contributed by atoms with Crippen LogP contribution in [0.1, 0.15) is 5.56 Å². The maximum atomic E-state index is 10.5. The summed E-state index contributed by atoms with van der Waals surface area (Å²) in [5, 5.41) is 11.0. The molecule has 6 heteroatoms. The number of benzene rings is 2. The summed E-state index contributed by atoms with van der Waals surface area (Å²) in [4.78, 5) is 8.78. The highest BCUT2D eigenvalue weighted by molar-refractivity contribution is 5.70. The number of hydrogen-bond donors (Lipinski definition) is 1. The third-order valence-corrected chi connectivity index (χ3v) is 2.86. The first-order valence-corrected chi connectivity index (χ1v) is 7.44. The van der Waals surface area contributed by atoms with Crippen molar-refractivity contribution in [1.29, 1.82) is 0 Å². The molecule has 132 valence electrons. The van der Waals surface area contributed by atoms with Gasteiger partial charge in [0.15, 0.2) is 0 Å². The molecule has 0 heterocycles. The Kier molecular flexibility index (Phi) is 8.74. The van der Waals surface area contributed by atoms with Crippen LogP contribution in [0.3, 0.4) is 0 Å². The number of nitrogens with two attached hydrogens (primary N) is 1. The maximum absolute atomic E-state index is 10.5. The van der Waals surface area contributed by atoms with E-state index in [9.17, 15) is 13.2 Å². The molecular formula is C19H18F3NO2. The van der Waals surface area contributed by atoms with Crippen LogP contribution in [0.5, 0.6) is 0 Å². The number of allylic oxidation sites excluding steroid dienone is 2. The minimum atomic E-state index is -5.19. The summed E-state index contributed by atoms with van der Waals surface area (Å²) < 4.78 is 31.5. The molecule has 0 saturated heterocycles. The number of carbonyl (C=O) groups excluding carboxylic acids is 1. The molecule has 0 bridgehead atoms. The first kappa shape index (κ1) is 20.2. The summed E-state index contributed by atoms with van der Waals surface area (Å²) in [6, 6.07) is 20.7. The fraction of sp³-hybridized carbons (Fsp3) is 0.105. The van der Waals surface area contributed by atoms with Crippen LogP contribution in [0.15, 0.2) is 78.9 Å². The van der Waals surface area contributed by atoms with E-state index >= 15 is 0 Å². The van der Waals surface area contributed by atoms with Gasteiger partial charge in [-0.25, -0.2) is 0 Å². The van der Waals surface area contributed by atoms with Crippen molar-refractivity contribution in [2.45, 2.75) is 6.18 Å². The van der Waals surface area contributed by atoms with Gasteiger partial charge in [-0.1, -0.05) is 66.8 Å². The number of quaternary nitrogens is 1. The third-order valence-electron chi connectivity index (χ3n) is 2.86. The molecule has 2 aromatic rings. The van der Waals surface area contributed by atoms with E-state index in [2.05, 4.69) is 66.0 Å². The van der Waals surface area contributed by atoms with E-state index in [1.807, 2.05) is 24.3 Å². The van der Waals surface area contributed by atoms with E-state index in [0.29, 0.717) is 0 Å². The molecule has 0 aliphatic heterocycles. The smallest absolute Gasteiger partial charge is 0.430 e. The molecule has 0 spiro atoms. The van der Waals surface area contributed by atoms with Crippen molar-refractivity contribution < 1.29 is 28.4 Å². The number of hydrogen-bond acceptors (Lipinski definition) is 2. The van der Waals surface area contributed by atoms with E-state index in [4.69, 9.17) is 9.90 Å². The molecule has 0 saturated carbocycles. The number of carbonyl (C=O) groups is 1. The van der Waals surface area contributed by atoms with E-state index in [1.165, 1.54) is 11.3 Å². The molecule has 3 nitrogen and oxygen atoms in total. The quantitative estimate of drug-likeness (QED) is 0.666. The summed E-state index contributed by atoms with van der Waals surface area (Å²) in [5.74, 6) is -3.01. The number of carboxylic acids is 1. The lowest BCUT2D eigenvalue weighted by atomic mass is 10.2. The van der Waals surface area contributed by atoms with Gasteiger partial charge < -0.3 is 15.2 Å². The van der Waals surface area contributed by atoms with Crippen molar-refractivity contribution >= 4 is 17.7 Å². The second-order valence-electron chi connectivity index (χ2n) is 4.83. The van der Waals surface area contributed by atoms with Gasteiger partial charge in [-0.05, 0) is 23.8 Å². The highest BCUT2D eigenvalue weighted by Gasteiger charge is 2.28. The molecule has 25 heavy (non-hydrogen) atoms. The van der Waals surface area contributed by atoms with Crippen LogP contribution >= 0.6 is 0 Å². The summed E-state index contributed by atoms with van der Waals surface area (Å²) in [5.41, 5.74) is 2.50. The molecule has 0 atom stereocenters. The lowest BCUT2D eigenvalue weighted by molar-refractivity contribution is -0.561. The lowest BCUT2D eigenvalue weighted by Crippen LogP contribution is -2.77. The zero-order chi connectivity index (χ0) is 18.5. The number of carboxylic acid groups (broad SMARTS) is 1. The number of halogens is 3. The van der Waals surface area contributed by atoms with Crippen LogP contribution < -0.4 is 10.4 Å². The predicted molar refractivity (Wildman–Crippen MR) is 88.6 cm³/mol. The third kappa shape index (κ3) is 9.78. The van der Waals surface area contributed by atoms with E-state index in [-0.39, 0.29) is 0 Å². The lowest BCUT2D eigenvalue weighted by Gasteiger charge is -2.03. The van der Waals surface area contributed by atoms with Gasteiger partial charge in [0.2, 0.25) is 0 Å².